The van der Waals surface area contributed by atoms with Gasteiger partial charge in [0.15, 0.2) is 23.1 Å². The molecule has 43 heavy (non-hydrogen) atoms. The van der Waals surface area contributed by atoms with Gasteiger partial charge in [-0.05, 0) is 68.6 Å². The first-order chi connectivity index (χ1) is 20.5. The van der Waals surface area contributed by atoms with Gasteiger partial charge >= 0.3 is 6.09 Å². The van der Waals surface area contributed by atoms with Crippen molar-refractivity contribution in [3.8, 4) is 11.5 Å². The van der Waals surface area contributed by atoms with Gasteiger partial charge < -0.3 is 46.3 Å². The van der Waals surface area contributed by atoms with Crippen LogP contribution in [0.4, 0.5) is 4.79 Å². The molecular weight excluding hydrogens is 556 g/mol. The molecule has 234 valence electrons. The zero-order valence-electron chi connectivity index (χ0n) is 25.0. The maximum Gasteiger partial charge on any atom is 0.414 e. The molecule has 4 bridgehead atoms. The van der Waals surface area contributed by atoms with Crippen molar-refractivity contribution >= 4 is 23.9 Å². The fourth-order valence-electron chi connectivity index (χ4n) is 7.25. The first-order valence-corrected chi connectivity index (χ1v) is 14.8. The summed E-state index contributed by atoms with van der Waals surface area (Å²) >= 11 is 0. The molecule has 7 N–H and O–H groups in total. The summed E-state index contributed by atoms with van der Waals surface area (Å²) in [5.41, 5.74) is 10.8. The Bertz CT molecular complexity index is 1340. The number of methoxy groups -OCH3 is 1. The number of ether oxygens (including phenoxy) is 3. The molecular formula is C30H42N6O7. The molecule has 1 aliphatic heterocycles. The maximum atomic E-state index is 13.3. The number of aliphatic imine (C=N–C) groups is 1. The predicted molar refractivity (Wildman–Crippen MR) is 157 cm³/mol. The van der Waals surface area contributed by atoms with Crippen molar-refractivity contribution in [1.29, 1.82) is 0 Å². The lowest BCUT2D eigenvalue weighted by molar-refractivity contribution is -0.128. The second kappa shape index (κ2) is 11.9. The van der Waals surface area contributed by atoms with E-state index < -0.39 is 23.3 Å². The monoisotopic (exact) mass is 598 g/mol. The van der Waals surface area contributed by atoms with E-state index in [2.05, 4.69) is 21.7 Å². The molecule has 0 spiro atoms. The Hall–Kier alpha value is -4.00. The van der Waals surface area contributed by atoms with Gasteiger partial charge in [0.05, 0.1) is 18.6 Å². The van der Waals surface area contributed by atoms with Crippen LogP contribution >= 0.6 is 0 Å². The Labute approximate surface area is 251 Å². The molecule has 1 fully saturated rings. The van der Waals surface area contributed by atoms with Crippen LogP contribution in [-0.4, -0.2) is 84.9 Å². The number of amides is 3. The van der Waals surface area contributed by atoms with Crippen molar-refractivity contribution in [3.63, 3.8) is 0 Å². The number of benzene rings is 1. The number of nitrogens with two attached hydrogens (primary N) is 2. The van der Waals surface area contributed by atoms with Crippen LogP contribution < -0.4 is 31.6 Å². The Kier molecular flexibility index (Phi) is 8.46. The molecule has 1 aromatic rings. The highest BCUT2D eigenvalue weighted by Crippen LogP contribution is 2.67. The summed E-state index contributed by atoms with van der Waals surface area (Å²) in [6, 6.07) is 3.20. The number of carbonyl (C=O) groups excluding carboxylic acids is 3. The van der Waals surface area contributed by atoms with Crippen LogP contribution in [0.3, 0.4) is 0 Å². The van der Waals surface area contributed by atoms with E-state index >= 15 is 0 Å². The first kappa shape index (κ1) is 30.5. The van der Waals surface area contributed by atoms with Crippen LogP contribution in [0.25, 0.3) is 0 Å². The molecule has 2 unspecified atom stereocenters. The summed E-state index contributed by atoms with van der Waals surface area (Å²) in [5.74, 6) is 0.600. The van der Waals surface area contributed by atoms with Gasteiger partial charge in [0.2, 0.25) is 11.8 Å². The summed E-state index contributed by atoms with van der Waals surface area (Å²) in [7, 11) is 3.18. The van der Waals surface area contributed by atoms with Crippen LogP contribution in [0.5, 0.6) is 11.5 Å². The van der Waals surface area contributed by atoms with Gasteiger partial charge in [0, 0.05) is 39.2 Å². The van der Waals surface area contributed by atoms with E-state index in [0.717, 1.165) is 30.4 Å². The molecule has 4 aliphatic rings. The maximum absolute atomic E-state index is 13.3. The Morgan fingerprint density at radius 2 is 2.09 bits per heavy atom. The van der Waals surface area contributed by atoms with Crippen molar-refractivity contribution in [2.45, 2.75) is 75.0 Å². The normalized spacial score (nSPS) is 26.6. The first-order valence-electron chi connectivity index (χ1n) is 14.8. The number of nitrogens with one attached hydrogen (secondary N) is 2. The summed E-state index contributed by atoms with van der Waals surface area (Å²) in [4.78, 5) is 43.0. The summed E-state index contributed by atoms with van der Waals surface area (Å²) in [6.45, 7) is 1.98. The number of carbonyl (C=O) groups is 3. The number of hydrogen-bond donors (Lipinski definition) is 5. The number of aliphatic hydroxyl groups is 1. The molecule has 13 nitrogen and oxygen atoms in total. The van der Waals surface area contributed by atoms with Crippen LogP contribution in [-0.2, 0) is 20.7 Å². The van der Waals surface area contributed by atoms with Gasteiger partial charge in [-0.3, -0.25) is 14.6 Å². The van der Waals surface area contributed by atoms with Gasteiger partial charge in [-0.2, -0.15) is 0 Å². The molecule has 1 heterocycles. The van der Waals surface area contributed by atoms with Crippen molar-refractivity contribution in [3.05, 3.63) is 35.1 Å². The second-order valence-electron chi connectivity index (χ2n) is 11.9. The predicted octanol–water partition coefficient (Wildman–Crippen LogP) is 1.03. The van der Waals surface area contributed by atoms with E-state index in [1.807, 2.05) is 12.1 Å². The number of likely N-dealkylation sites (N-methyl/N-ethyl adjacent to an activating group) is 1. The molecule has 0 radical (unpaired) electrons. The molecule has 0 aromatic heterocycles. The van der Waals surface area contributed by atoms with E-state index in [9.17, 15) is 19.5 Å². The molecule has 1 aromatic carbocycles. The minimum atomic E-state index is -1.01. The topological polar surface area (TPSA) is 191 Å². The fourth-order valence-corrected chi connectivity index (χ4v) is 7.25. The summed E-state index contributed by atoms with van der Waals surface area (Å²) in [5, 5.41) is 17.5. The number of rotatable bonds is 11. The highest BCUT2D eigenvalue weighted by atomic mass is 16.6. The standard InChI is InChI=1S/C30H42N6O7/c1-17(37)35-20(7-5-13-34-27(31)32)26(38)33-14-15-36(2)28(39)42-22-10-12-29(40)19-6-4-11-30(22)25(29)23-18(16-19)8-9-21(41-3)24(23)43-30/h8-10,19-20,25,40H,4-7,11-16H2,1-3H3,(H,33,38)(H,35,37)(H4,31,32,34)/t19-,20+,25?,29-,30?/m1/s1. The average molecular weight is 599 g/mol. The Morgan fingerprint density at radius 1 is 1.30 bits per heavy atom. The lowest BCUT2D eigenvalue weighted by Gasteiger charge is -2.50. The summed E-state index contributed by atoms with van der Waals surface area (Å²) < 4.78 is 18.3. The van der Waals surface area contributed by atoms with Crippen molar-refractivity contribution in [2.75, 3.05) is 33.8 Å². The van der Waals surface area contributed by atoms with Gasteiger partial charge in [-0.15, -0.1) is 0 Å². The zero-order valence-corrected chi connectivity index (χ0v) is 25.0. The zero-order chi connectivity index (χ0) is 30.9. The van der Waals surface area contributed by atoms with Gasteiger partial charge in [-0.1, -0.05) is 6.07 Å². The van der Waals surface area contributed by atoms with Gasteiger partial charge in [-0.25, -0.2) is 4.79 Å². The molecule has 5 rings (SSSR count). The lowest BCUT2D eigenvalue weighted by Crippen LogP contribution is -2.58. The molecule has 1 saturated carbocycles. The molecule has 3 amide bonds. The van der Waals surface area contributed by atoms with Crippen LogP contribution in [0, 0.1) is 5.92 Å². The average Bonchev–Trinajstić information content (AvgIpc) is 3.32. The van der Waals surface area contributed by atoms with E-state index in [1.165, 1.54) is 11.8 Å². The molecule has 0 saturated heterocycles. The Balaban J connectivity index is 1.24. The second-order valence-corrected chi connectivity index (χ2v) is 11.9. The van der Waals surface area contributed by atoms with E-state index in [4.69, 9.17) is 25.7 Å². The highest BCUT2D eigenvalue weighted by Gasteiger charge is 2.68. The van der Waals surface area contributed by atoms with Crippen molar-refractivity contribution in [2.24, 2.45) is 22.4 Å². The van der Waals surface area contributed by atoms with E-state index in [0.29, 0.717) is 49.5 Å². The van der Waals surface area contributed by atoms with Gasteiger partial charge in [0.1, 0.15) is 11.8 Å². The van der Waals surface area contributed by atoms with Crippen LogP contribution in [0.1, 0.15) is 62.5 Å². The fraction of sp³-hybridized carbons (Fsp3) is 0.600. The molecule has 3 aliphatic carbocycles. The minimum absolute atomic E-state index is 0.0368. The smallest absolute Gasteiger partial charge is 0.414 e. The van der Waals surface area contributed by atoms with E-state index in [1.54, 1.807) is 14.2 Å². The Morgan fingerprint density at radius 3 is 2.81 bits per heavy atom. The van der Waals surface area contributed by atoms with Crippen molar-refractivity contribution < 1.29 is 33.7 Å². The minimum Gasteiger partial charge on any atom is -0.493 e. The van der Waals surface area contributed by atoms with Gasteiger partial charge in [0.25, 0.3) is 0 Å². The summed E-state index contributed by atoms with van der Waals surface area (Å²) in [6.07, 6.45) is 5.47. The third kappa shape index (κ3) is 5.57. The van der Waals surface area contributed by atoms with E-state index in [-0.39, 0.29) is 42.7 Å². The quantitative estimate of drug-likeness (QED) is 0.141. The third-order valence-electron chi connectivity index (χ3n) is 9.21. The molecule has 13 heteroatoms. The SMILES string of the molecule is COc1ccc2c3c1OC14CCC[C@H](C2)[C@](O)(CC=C1OC(=O)N(C)CCNC(=O)[C@H](CCCN=C(N)N)NC(C)=O)C34. The number of hydrogen-bond acceptors (Lipinski definition) is 8. The van der Waals surface area contributed by atoms with Crippen molar-refractivity contribution in [1.82, 2.24) is 15.5 Å². The third-order valence-corrected chi connectivity index (χ3v) is 9.21. The number of nitrogens with zero attached hydrogens (tertiary/aromatic N) is 2. The highest BCUT2D eigenvalue weighted by molar-refractivity contribution is 5.86. The largest absolute Gasteiger partial charge is 0.493 e. The number of guanidine groups is 1. The molecule has 5 atom stereocenters. The van der Waals surface area contributed by atoms with Crippen LogP contribution in [0.15, 0.2) is 29.0 Å². The van der Waals surface area contributed by atoms with Crippen LogP contribution in [0.2, 0.25) is 0 Å². The lowest BCUT2D eigenvalue weighted by atomic mass is 9.58.